The Hall–Kier alpha value is -2.14. The summed E-state index contributed by atoms with van der Waals surface area (Å²) in [6, 6.07) is 6.59. The van der Waals surface area contributed by atoms with Crippen LogP contribution in [0.15, 0.2) is 48.1 Å². The molecular weight excluding hydrogens is 314 g/mol. The Kier molecular flexibility index (Phi) is 5.08. The second-order valence-corrected chi connectivity index (χ2v) is 6.11. The van der Waals surface area contributed by atoms with Crippen molar-refractivity contribution in [3.05, 3.63) is 53.6 Å². The van der Waals surface area contributed by atoms with Crippen molar-refractivity contribution in [1.29, 1.82) is 0 Å². The summed E-state index contributed by atoms with van der Waals surface area (Å²) in [6.45, 7) is 0.817. The van der Waals surface area contributed by atoms with E-state index in [0.29, 0.717) is 10.6 Å². The lowest BCUT2D eigenvalue weighted by molar-refractivity contribution is 0.0511. The molecular formula is C17H18ClN3O2. The number of hydrogen-bond donors (Lipinski definition) is 0. The number of benzene rings is 1. The molecule has 120 valence electrons. The Balaban J connectivity index is 1.66. The first-order valence-electron chi connectivity index (χ1n) is 7.72. The average molecular weight is 332 g/mol. The van der Waals surface area contributed by atoms with Crippen molar-refractivity contribution in [1.82, 2.24) is 9.55 Å². The van der Waals surface area contributed by atoms with E-state index in [0.717, 1.165) is 31.5 Å². The largest absolute Gasteiger partial charge is 0.365 e. The number of carbonyl (C=O) groups is 1. The van der Waals surface area contributed by atoms with E-state index >= 15 is 0 Å². The monoisotopic (exact) mass is 331 g/mol. The first kappa shape index (κ1) is 15.7. The molecule has 1 saturated carbocycles. The lowest BCUT2D eigenvalue weighted by atomic mass is 9.87. The van der Waals surface area contributed by atoms with Crippen LogP contribution in [0.2, 0.25) is 5.02 Å². The smallest absolute Gasteiger partial charge is 0.337 e. The number of halogens is 1. The Morgan fingerprint density at radius 1 is 1.35 bits per heavy atom. The van der Waals surface area contributed by atoms with Gasteiger partial charge in [0.2, 0.25) is 0 Å². The van der Waals surface area contributed by atoms with Gasteiger partial charge < -0.3 is 9.40 Å². The van der Waals surface area contributed by atoms with Crippen LogP contribution in [0.25, 0.3) is 0 Å². The second-order valence-electron chi connectivity index (χ2n) is 5.67. The average Bonchev–Trinajstić information content (AvgIpc) is 3.07. The number of nitrogens with zero attached hydrogens (tertiary/aromatic N) is 3. The zero-order chi connectivity index (χ0) is 16.1. The first-order chi connectivity index (χ1) is 11.2. The highest BCUT2D eigenvalue weighted by Crippen LogP contribution is 2.24. The van der Waals surface area contributed by atoms with Crippen LogP contribution in [-0.2, 0) is 11.4 Å². The van der Waals surface area contributed by atoms with Crippen LogP contribution in [-0.4, -0.2) is 21.2 Å². The number of oxime groups is 1. The van der Waals surface area contributed by atoms with E-state index < -0.39 is 5.97 Å². The first-order valence-corrected chi connectivity index (χ1v) is 8.09. The van der Waals surface area contributed by atoms with E-state index in [1.807, 2.05) is 10.8 Å². The molecule has 1 aliphatic rings. The number of aromatic nitrogens is 2. The summed E-state index contributed by atoms with van der Waals surface area (Å²) in [5.41, 5.74) is 1.40. The highest BCUT2D eigenvalue weighted by atomic mass is 35.5. The molecule has 1 aliphatic carbocycles. The molecule has 2 aromatic rings. The third kappa shape index (κ3) is 4.20. The van der Waals surface area contributed by atoms with Crippen molar-refractivity contribution in [2.45, 2.75) is 32.2 Å². The molecule has 5 nitrogen and oxygen atoms in total. The maximum absolute atomic E-state index is 12.0. The maximum atomic E-state index is 12.0. The van der Waals surface area contributed by atoms with E-state index in [9.17, 15) is 4.79 Å². The molecule has 0 saturated heterocycles. The summed E-state index contributed by atoms with van der Waals surface area (Å²) >= 11 is 5.81. The highest BCUT2D eigenvalue weighted by Gasteiger charge is 2.22. The number of rotatable bonds is 4. The van der Waals surface area contributed by atoms with E-state index in [4.69, 9.17) is 16.4 Å². The van der Waals surface area contributed by atoms with Gasteiger partial charge in [0.05, 0.1) is 17.6 Å². The summed E-state index contributed by atoms with van der Waals surface area (Å²) in [4.78, 5) is 21.2. The van der Waals surface area contributed by atoms with Crippen molar-refractivity contribution in [3.8, 4) is 0 Å². The van der Waals surface area contributed by atoms with Gasteiger partial charge in [-0.3, -0.25) is 0 Å². The van der Waals surface area contributed by atoms with Gasteiger partial charge in [-0.2, -0.15) is 0 Å². The van der Waals surface area contributed by atoms with Crippen molar-refractivity contribution in [2.24, 2.45) is 11.1 Å². The van der Waals surface area contributed by atoms with Gasteiger partial charge in [-0.15, -0.1) is 0 Å². The fraction of sp³-hybridized carbons (Fsp3) is 0.353. The molecule has 1 aromatic carbocycles. The molecule has 1 unspecified atom stereocenters. The topological polar surface area (TPSA) is 56.5 Å². The predicted molar refractivity (Wildman–Crippen MR) is 88.5 cm³/mol. The Morgan fingerprint density at radius 3 is 2.91 bits per heavy atom. The SMILES string of the molecule is O=C(O/N=C1\CCCCC1Cn1ccnc1)c1ccc(Cl)cc1. The third-order valence-corrected chi connectivity index (χ3v) is 4.27. The standard InChI is InChI=1S/C17H18ClN3O2/c18-15-7-5-13(6-8-15)17(22)23-20-16-4-2-1-3-14(16)11-21-10-9-19-12-21/h5-10,12,14H,1-4,11H2/b20-16+. The van der Waals surface area contributed by atoms with Gasteiger partial charge in [-0.25, -0.2) is 9.78 Å². The Bertz CT molecular complexity index is 680. The minimum absolute atomic E-state index is 0.288. The molecule has 23 heavy (non-hydrogen) atoms. The van der Waals surface area contributed by atoms with Crippen LogP contribution in [0.3, 0.4) is 0 Å². The molecule has 0 amide bonds. The number of carbonyl (C=O) groups excluding carboxylic acids is 1. The molecule has 0 radical (unpaired) electrons. The predicted octanol–water partition coefficient (Wildman–Crippen LogP) is 3.94. The van der Waals surface area contributed by atoms with Gasteiger partial charge in [-0.05, 0) is 43.5 Å². The van der Waals surface area contributed by atoms with Gasteiger partial charge >= 0.3 is 5.97 Å². The normalized spacial score (nSPS) is 19.7. The fourth-order valence-electron chi connectivity index (χ4n) is 2.77. The van der Waals surface area contributed by atoms with Crippen molar-refractivity contribution in [3.63, 3.8) is 0 Å². The Morgan fingerprint density at radius 2 is 2.17 bits per heavy atom. The lowest BCUT2D eigenvalue weighted by Gasteiger charge is -2.23. The molecule has 1 atom stereocenters. The molecule has 0 bridgehead atoms. The van der Waals surface area contributed by atoms with E-state index in [2.05, 4.69) is 10.1 Å². The minimum Gasteiger partial charge on any atom is -0.337 e. The molecule has 0 spiro atoms. The van der Waals surface area contributed by atoms with Crippen molar-refractivity contribution < 1.29 is 9.63 Å². The van der Waals surface area contributed by atoms with Gasteiger partial charge in [0.1, 0.15) is 0 Å². The van der Waals surface area contributed by atoms with E-state index in [1.54, 1.807) is 36.8 Å². The zero-order valence-corrected chi connectivity index (χ0v) is 13.4. The Labute approximate surface area is 139 Å². The molecule has 1 heterocycles. The zero-order valence-electron chi connectivity index (χ0n) is 12.7. The van der Waals surface area contributed by atoms with Gasteiger partial charge in [0.15, 0.2) is 0 Å². The van der Waals surface area contributed by atoms with Crippen molar-refractivity contribution in [2.75, 3.05) is 0 Å². The van der Waals surface area contributed by atoms with Gasteiger partial charge in [0.25, 0.3) is 0 Å². The van der Waals surface area contributed by atoms with Crippen LogP contribution in [0.4, 0.5) is 0 Å². The summed E-state index contributed by atoms with van der Waals surface area (Å²) in [6.07, 6.45) is 9.67. The molecule has 1 fully saturated rings. The van der Waals surface area contributed by atoms with Crippen LogP contribution in [0.5, 0.6) is 0 Å². The van der Waals surface area contributed by atoms with E-state index in [-0.39, 0.29) is 5.92 Å². The summed E-state index contributed by atoms with van der Waals surface area (Å²) in [5, 5.41) is 4.73. The highest BCUT2D eigenvalue weighted by molar-refractivity contribution is 6.30. The van der Waals surface area contributed by atoms with Crippen molar-refractivity contribution >= 4 is 23.3 Å². The molecule has 1 aromatic heterocycles. The second kappa shape index (κ2) is 7.42. The summed E-state index contributed by atoms with van der Waals surface area (Å²) in [7, 11) is 0. The fourth-order valence-corrected chi connectivity index (χ4v) is 2.90. The molecule has 6 heteroatoms. The summed E-state index contributed by atoms with van der Waals surface area (Å²) in [5.74, 6) is -0.169. The van der Waals surface area contributed by atoms with Gasteiger partial charge in [-0.1, -0.05) is 23.2 Å². The number of hydrogen-bond acceptors (Lipinski definition) is 4. The van der Waals surface area contributed by atoms with Crippen LogP contribution in [0.1, 0.15) is 36.0 Å². The van der Waals surface area contributed by atoms with Crippen LogP contribution in [0, 0.1) is 5.92 Å². The third-order valence-electron chi connectivity index (χ3n) is 4.02. The summed E-state index contributed by atoms with van der Waals surface area (Å²) < 4.78 is 2.03. The minimum atomic E-state index is -0.457. The maximum Gasteiger partial charge on any atom is 0.365 e. The molecule has 3 rings (SSSR count). The quantitative estimate of drug-likeness (QED) is 0.630. The number of imidazole rings is 1. The van der Waals surface area contributed by atoms with Crippen LogP contribution < -0.4 is 0 Å². The molecule has 0 aliphatic heterocycles. The molecule has 0 N–H and O–H groups in total. The van der Waals surface area contributed by atoms with Crippen LogP contribution >= 0.6 is 11.6 Å². The lowest BCUT2D eigenvalue weighted by Crippen LogP contribution is -2.24. The van der Waals surface area contributed by atoms with E-state index in [1.165, 1.54) is 6.42 Å². The van der Waals surface area contributed by atoms with Gasteiger partial charge in [0, 0.05) is 29.9 Å².